The van der Waals surface area contributed by atoms with Crippen LogP contribution in [0.4, 0.5) is 11.4 Å². The Morgan fingerprint density at radius 2 is 1.47 bits per heavy atom. The lowest BCUT2D eigenvalue weighted by Gasteiger charge is -2.38. The van der Waals surface area contributed by atoms with Crippen LogP contribution in [0.15, 0.2) is 72.8 Å². The number of fused-ring (bicyclic) bond motifs is 1. The van der Waals surface area contributed by atoms with Gasteiger partial charge in [-0.1, -0.05) is 36.4 Å². The molecule has 7 nitrogen and oxygen atoms in total. The zero-order chi connectivity index (χ0) is 23.8. The van der Waals surface area contributed by atoms with E-state index in [1.165, 1.54) is 5.69 Å². The number of aliphatic hydroxyl groups is 2. The van der Waals surface area contributed by atoms with E-state index < -0.39 is 0 Å². The molecule has 2 aliphatic heterocycles. The van der Waals surface area contributed by atoms with E-state index in [9.17, 15) is 5.11 Å². The number of nitrogen functional groups attached to an aromatic ring is 1. The predicted octanol–water partition coefficient (Wildman–Crippen LogP) is 2.90. The van der Waals surface area contributed by atoms with Gasteiger partial charge in [0, 0.05) is 44.1 Å². The van der Waals surface area contributed by atoms with Crippen molar-refractivity contribution >= 4 is 11.4 Å². The maximum atomic E-state index is 9.30. The van der Waals surface area contributed by atoms with Gasteiger partial charge in [-0.25, -0.2) is 0 Å². The Hall–Kier alpha value is -3.26. The molecule has 7 heteroatoms. The Labute approximate surface area is 200 Å². The van der Waals surface area contributed by atoms with Crippen LogP contribution < -0.4 is 20.1 Å². The second-order valence-corrected chi connectivity index (χ2v) is 8.52. The highest BCUT2D eigenvalue weighted by atomic mass is 16.6. The summed E-state index contributed by atoms with van der Waals surface area (Å²) in [5, 5.41) is 17.9. The van der Waals surface area contributed by atoms with Crippen LogP contribution in [0.3, 0.4) is 0 Å². The normalized spacial score (nSPS) is 17.6. The number of nitrogens with two attached hydrogens (primary N) is 1. The highest BCUT2D eigenvalue weighted by Gasteiger charge is 2.25. The smallest absolute Gasteiger partial charge is 0.161 e. The third-order valence-electron chi connectivity index (χ3n) is 5.99. The number of anilines is 2. The summed E-state index contributed by atoms with van der Waals surface area (Å²) in [6, 6.07) is 23.2. The summed E-state index contributed by atoms with van der Waals surface area (Å²) < 4.78 is 11.9. The minimum absolute atomic E-state index is 0.0606. The Balaban J connectivity index is 0.000000257. The van der Waals surface area contributed by atoms with Gasteiger partial charge >= 0.3 is 0 Å². The van der Waals surface area contributed by atoms with Crippen molar-refractivity contribution in [3.63, 3.8) is 0 Å². The van der Waals surface area contributed by atoms with Crippen molar-refractivity contribution in [3.05, 3.63) is 83.9 Å². The quantitative estimate of drug-likeness (QED) is 0.501. The van der Waals surface area contributed by atoms with Crippen molar-refractivity contribution in [2.45, 2.75) is 19.3 Å². The molecule has 0 radical (unpaired) electrons. The molecule has 0 unspecified atom stereocenters. The van der Waals surface area contributed by atoms with E-state index in [0.717, 1.165) is 55.3 Å². The molecule has 3 aromatic rings. The first-order chi connectivity index (χ1) is 16.6. The first-order valence-corrected chi connectivity index (χ1v) is 11.7. The summed E-state index contributed by atoms with van der Waals surface area (Å²) in [4.78, 5) is 4.82. The molecule has 5 rings (SSSR count). The van der Waals surface area contributed by atoms with E-state index in [1.807, 2.05) is 48.5 Å². The maximum Gasteiger partial charge on any atom is 0.161 e. The number of nitrogens with zero attached hydrogens (tertiary/aromatic N) is 2. The van der Waals surface area contributed by atoms with Crippen LogP contribution in [0.1, 0.15) is 11.1 Å². The van der Waals surface area contributed by atoms with Crippen LogP contribution in [0, 0.1) is 0 Å². The maximum absolute atomic E-state index is 9.30. The highest BCUT2D eigenvalue weighted by molar-refractivity contribution is 5.49. The van der Waals surface area contributed by atoms with Gasteiger partial charge in [0.05, 0.1) is 13.2 Å². The van der Waals surface area contributed by atoms with Crippen LogP contribution in [0.2, 0.25) is 0 Å². The van der Waals surface area contributed by atoms with E-state index in [1.54, 1.807) is 12.1 Å². The zero-order valence-electron chi connectivity index (χ0n) is 19.3. The molecule has 34 heavy (non-hydrogen) atoms. The van der Waals surface area contributed by atoms with Crippen molar-refractivity contribution in [2.24, 2.45) is 0 Å². The summed E-state index contributed by atoms with van der Waals surface area (Å²) in [6.45, 7) is 5.63. The Bertz CT molecular complexity index is 1050. The molecule has 180 valence electrons. The Morgan fingerprint density at radius 1 is 0.794 bits per heavy atom. The largest absolute Gasteiger partial charge is 0.486 e. The topological polar surface area (TPSA) is 91.4 Å². The Kier molecular flexibility index (Phi) is 8.25. The molecule has 4 N–H and O–H groups in total. The molecule has 2 heterocycles. The third kappa shape index (κ3) is 6.41. The average molecular weight is 464 g/mol. The van der Waals surface area contributed by atoms with Crippen molar-refractivity contribution in [2.75, 3.05) is 50.0 Å². The highest BCUT2D eigenvalue weighted by Crippen LogP contribution is 2.31. The van der Waals surface area contributed by atoms with Gasteiger partial charge in [0.1, 0.15) is 12.7 Å². The first kappa shape index (κ1) is 23.9. The number of benzene rings is 3. The molecule has 3 aromatic carbocycles. The van der Waals surface area contributed by atoms with Crippen LogP contribution >= 0.6 is 0 Å². The molecule has 0 aromatic heterocycles. The van der Waals surface area contributed by atoms with Gasteiger partial charge in [-0.3, -0.25) is 4.90 Å². The minimum Gasteiger partial charge on any atom is -0.486 e. The molecule has 1 fully saturated rings. The van der Waals surface area contributed by atoms with Crippen LogP contribution in [0.5, 0.6) is 11.5 Å². The van der Waals surface area contributed by atoms with Crippen molar-refractivity contribution in [1.82, 2.24) is 4.90 Å². The lowest BCUT2D eigenvalue weighted by Crippen LogP contribution is -2.50. The number of hydrogen-bond donors (Lipinski definition) is 3. The van der Waals surface area contributed by atoms with E-state index in [-0.39, 0.29) is 19.3 Å². The first-order valence-electron chi connectivity index (χ1n) is 11.7. The number of piperazine rings is 1. The number of para-hydroxylation sites is 2. The summed E-state index contributed by atoms with van der Waals surface area (Å²) in [7, 11) is 0. The van der Waals surface area contributed by atoms with Gasteiger partial charge in [0.15, 0.2) is 11.5 Å². The van der Waals surface area contributed by atoms with Gasteiger partial charge in [0.2, 0.25) is 0 Å². The molecule has 0 aliphatic carbocycles. The SMILES string of the molecule is Nc1cccc(CO)c1.OCc1cccc(N2CCN(C[C@H]3COc4ccccc4O3)CC2)c1. The van der Waals surface area contributed by atoms with Crippen molar-refractivity contribution in [1.29, 1.82) is 0 Å². The number of hydrogen-bond acceptors (Lipinski definition) is 7. The van der Waals surface area contributed by atoms with Gasteiger partial charge in [-0.05, 0) is 47.5 Å². The predicted molar refractivity (Wildman–Crippen MR) is 134 cm³/mol. The standard InChI is InChI=1S/C20H24N2O3.C7H9NO/c23-14-16-4-3-5-17(12-16)22-10-8-21(9-11-22)13-18-15-24-19-6-1-2-7-20(19)25-18;8-7-3-1-2-6(4-7)5-9/h1-7,12,18,23H,8-11,13-15H2;1-4,9H,5,8H2/t18-;/m0./s1. The molecule has 0 spiro atoms. The molecule has 1 saturated heterocycles. The molecule has 0 bridgehead atoms. The molecule has 0 amide bonds. The molecule has 1 atom stereocenters. The van der Waals surface area contributed by atoms with Gasteiger partial charge in [0.25, 0.3) is 0 Å². The van der Waals surface area contributed by atoms with Crippen LogP contribution in [-0.2, 0) is 13.2 Å². The van der Waals surface area contributed by atoms with E-state index in [0.29, 0.717) is 12.3 Å². The molecular weight excluding hydrogens is 430 g/mol. The second-order valence-electron chi connectivity index (χ2n) is 8.52. The minimum atomic E-state index is 0.0606. The Morgan fingerprint density at radius 3 is 2.15 bits per heavy atom. The summed E-state index contributed by atoms with van der Waals surface area (Å²) >= 11 is 0. The van der Waals surface area contributed by atoms with Gasteiger partial charge in [-0.2, -0.15) is 0 Å². The summed E-state index contributed by atoms with van der Waals surface area (Å²) in [6.07, 6.45) is 0.0826. The number of rotatable bonds is 5. The summed E-state index contributed by atoms with van der Waals surface area (Å²) in [5.41, 5.74) is 9.13. The van der Waals surface area contributed by atoms with Gasteiger partial charge in [-0.15, -0.1) is 0 Å². The van der Waals surface area contributed by atoms with Crippen molar-refractivity contribution in [3.8, 4) is 11.5 Å². The molecule has 2 aliphatic rings. The molecular formula is C27H33N3O4. The van der Waals surface area contributed by atoms with E-state index >= 15 is 0 Å². The van der Waals surface area contributed by atoms with E-state index in [4.69, 9.17) is 20.3 Å². The molecule has 0 saturated carbocycles. The second kappa shape index (κ2) is 11.7. The fraction of sp³-hybridized carbons (Fsp3) is 0.333. The lowest BCUT2D eigenvalue weighted by molar-refractivity contribution is 0.0571. The zero-order valence-corrected chi connectivity index (χ0v) is 19.3. The van der Waals surface area contributed by atoms with Crippen LogP contribution in [0.25, 0.3) is 0 Å². The summed E-state index contributed by atoms with van der Waals surface area (Å²) in [5.74, 6) is 1.69. The fourth-order valence-corrected chi connectivity index (χ4v) is 4.17. The third-order valence-corrected chi connectivity index (χ3v) is 5.99. The lowest BCUT2D eigenvalue weighted by atomic mass is 10.1. The monoisotopic (exact) mass is 463 g/mol. The average Bonchev–Trinajstić information content (AvgIpc) is 2.89. The van der Waals surface area contributed by atoms with Crippen LogP contribution in [-0.4, -0.2) is 60.5 Å². The number of aliphatic hydroxyl groups excluding tert-OH is 2. The fourth-order valence-electron chi connectivity index (χ4n) is 4.17. The number of ether oxygens (including phenoxy) is 2. The van der Waals surface area contributed by atoms with Crippen molar-refractivity contribution < 1.29 is 19.7 Å². The van der Waals surface area contributed by atoms with Gasteiger partial charge < -0.3 is 30.3 Å². The van der Waals surface area contributed by atoms with E-state index in [2.05, 4.69) is 21.9 Å².